The van der Waals surface area contributed by atoms with Crippen LogP contribution in [-0.4, -0.2) is 42.5 Å². The summed E-state index contributed by atoms with van der Waals surface area (Å²) in [5.74, 6) is -0.115. The van der Waals surface area contributed by atoms with Gasteiger partial charge in [0.05, 0.1) is 6.20 Å². The molecule has 0 radical (unpaired) electrons. The van der Waals surface area contributed by atoms with Gasteiger partial charge in [-0.3, -0.25) is 9.69 Å². The zero-order chi connectivity index (χ0) is 23.9. The fraction of sp³-hybridized carbons (Fsp3) is 0.259. The molecule has 1 aliphatic rings. The second kappa shape index (κ2) is 11.5. The van der Waals surface area contributed by atoms with Gasteiger partial charge in [-0.2, -0.15) is 0 Å². The molecule has 7 heteroatoms. The van der Waals surface area contributed by atoms with Crippen molar-refractivity contribution in [2.24, 2.45) is 0 Å². The molecule has 1 saturated heterocycles. The highest BCUT2D eigenvalue weighted by molar-refractivity contribution is 7.17. The van der Waals surface area contributed by atoms with Crippen LogP contribution in [0.3, 0.4) is 0 Å². The van der Waals surface area contributed by atoms with Gasteiger partial charge in [-0.1, -0.05) is 60.2 Å². The number of carbonyl (C=O) groups is 1. The van der Waals surface area contributed by atoms with E-state index in [9.17, 15) is 4.79 Å². The number of nitrogens with one attached hydrogen (secondary N) is 1. The second-order valence-electron chi connectivity index (χ2n) is 8.36. The molecule has 34 heavy (non-hydrogen) atoms. The van der Waals surface area contributed by atoms with Crippen molar-refractivity contribution in [2.45, 2.75) is 19.3 Å². The molecular weight excluding hydrogens is 464 g/mol. The standard InChI is InChI=1S/C27H29ClN4OS/c1-20(7-6-18-32-16-4-3-5-17-32)21-8-12-23(13-9-21)30-27-29-19-25(34-27)26(33)31(2)24-14-10-22(28)11-15-24/h6-15,19H,1,3-5,16-18H2,2H3,(H,29,30)/b7-6+. The van der Waals surface area contributed by atoms with E-state index in [1.54, 1.807) is 30.3 Å². The van der Waals surface area contributed by atoms with E-state index >= 15 is 0 Å². The molecule has 1 aliphatic heterocycles. The molecule has 3 aromatic rings. The number of piperidine rings is 1. The van der Waals surface area contributed by atoms with E-state index in [1.807, 2.05) is 36.4 Å². The van der Waals surface area contributed by atoms with E-state index in [4.69, 9.17) is 11.6 Å². The van der Waals surface area contributed by atoms with Gasteiger partial charge in [0.15, 0.2) is 5.13 Å². The number of anilines is 3. The minimum Gasteiger partial charge on any atom is -0.332 e. The number of allylic oxidation sites excluding steroid dienone is 2. The van der Waals surface area contributed by atoms with Gasteiger partial charge in [0, 0.05) is 30.0 Å². The molecule has 4 rings (SSSR count). The summed E-state index contributed by atoms with van der Waals surface area (Å²) in [6.07, 6.45) is 9.87. The molecule has 0 spiro atoms. The fourth-order valence-corrected chi connectivity index (χ4v) is 4.79. The summed E-state index contributed by atoms with van der Waals surface area (Å²) in [5, 5.41) is 4.59. The number of benzene rings is 2. The number of halogens is 1. The summed E-state index contributed by atoms with van der Waals surface area (Å²) in [6, 6.07) is 15.3. The summed E-state index contributed by atoms with van der Waals surface area (Å²) in [6.45, 7) is 7.57. The van der Waals surface area contributed by atoms with Crippen LogP contribution in [0.4, 0.5) is 16.5 Å². The van der Waals surface area contributed by atoms with Crippen molar-refractivity contribution in [1.29, 1.82) is 0 Å². The third-order valence-corrected chi connectivity index (χ3v) is 7.03. The summed E-state index contributed by atoms with van der Waals surface area (Å²) in [7, 11) is 1.74. The van der Waals surface area contributed by atoms with Crippen molar-refractivity contribution in [1.82, 2.24) is 9.88 Å². The molecule has 1 amide bonds. The Balaban J connectivity index is 1.32. The summed E-state index contributed by atoms with van der Waals surface area (Å²) >= 11 is 7.27. The third kappa shape index (κ3) is 6.35. The molecule has 176 valence electrons. The quantitative estimate of drug-likeness (QED) is 0.348. The monoisotopic (exact) mass is 492 g/mol. The number of amides is 1. The highest BCUT2D eigenvalue weighted by Gasteiger charge is 2.17. The Hall–Kier alpha value is -2.93. The first-order valence-electron chi connectivity index (χ1n) is 11.4. The Kier molecular flexibility index (Phi) is 8.16. The van der Waals surface area contributed by atoms with Crippen molar-refractivity contribution >= 4 is 50.9 Å². The van der Waals surface area contributed by atoms with E-state index in [-0.39, 0.29) is 5.91 Å². The Morgan fingerprint density at radius 1 is 1.15 bits per heavy atom. The average Bonchev–Trinajstić information content (AvgIpc) is 3.33. The molecule has 5 nitrogen and oxygen atoms in total. The van der Waals surface area contributed by atoms with E-state index in [1.165, 1.54) is 43.7 Å². The van der Waals surface area contributed by atoms with Crippen molar-refractivity contribution in [3.8, 4) is 0 Å². The number of carbonyl (C=O) groups excluding carboxylic acids is 1. The molecule has 0 bridgehead atoms. The Bertz CT molecular complexity index is 1150. The van der Waals surface area contributed by atoms with Gasteiger partial charge in [-0.25, -0.2) is 4.98 Å². The number of hydrogen-bond donors (Lipinski definition) is 1. The number of rotatable bonds is 8. The molecule has 0 unspecified atom stereocenters. The largest absolute Gasteiger partial charge is 0.332 e. The highest BCUT2D eigenvalue weighted by Crippen LogP contribution is 2.26. The van der Waals surface area contributed by atoms with Crippen molar-refractivity contribution in [2.75, 3.05) is 36.9 Å². The normalized spacial score (nSPS) is 14.3. The van der Waals surface area contributed by atoms with Crippen LogP contribution in [0.1, 0.15) is 34.5 Å². The third-order valence-electron chi connectivity index (χ3n) is 5.87. The molecule has 2 heterocycles. The first-order chi connectivity index (χ1) is 16.5. The molecule has 2 aromatic carbocycles. The number of aromatic nitrogens is 1. The van der Waals surface area contributed by atoms with Gasteiger partial charge in [0.2, 0.25) is 0 Å². The lowest BCUT2D eigenvalue weighted by Gasteiger charge is -2.24. The number of hydrogen-bond acceptors (Lipinski definition) is 5. The highest BCUT2D eigenvalue weighted by atomic mass is 35.5. The topological polar surface area (TPSA) is 48.5 Å². The zero-order valence-electron chi connectivity index (χ0n) is 19.3. The van der Waals surface area contributed by atoms with Crippen LogP contribution in [0.2, 0.25) is 5.02 Å². The summed E-state index contributed by atoms with van der Waals surface area (Å²) in [4.78, 5) is 21.8. The lowest BCUT2D eigenvalue weighted by atomic mass is 10.1. The van der Waals surface area contributed by atoms with E-state index in [0.29, 0.717) is 15.0 Å². The Morgan fingerprint density at radius 2 is 1.85 bits per heavy atom. The van der Waals surface area contributed by atoms with Gasteiger partial charge in [0.25, 0.3) is 5.91 Å². The van der Waals surface area contributed by atoms with Gasteiger partial charge >= 0.3 is 0 Å². The smallest absolute Gasteiger partial charge is 0.269 e. The van der Waals surface area contributed by atoms with Crippen LogP contribution in [0.15, 0.2) is 73.5 Å². The molecule has 1 fully saturated rings. The maximum absolute atomic E-state index is 12.8. The summed E-state index contributed by atoms with van der Waals surface area (Å²) in [5.41, 5.74) is 3.77. The maximum atomic E-state index is 12.8. The predicted octanol–water partition coefficient (Wildman–Crippen LogP) is 6.87. The average molecular weight is 493 g/mol. The SMILES string of the molecule is C=C(/C=C/CN1CCCCC1)c1ccc(Nc2ncc(C(=O)N(C)c3ccc(Cl)cc3)s2)cc1. The molecule has 0 saturated carbocycles. The van der Waals surface area contributed by atoms with Gasteiger partial charge in [-0.15, -0.1) is 0 Å². The van der Waals surface area contributed by atoms with Crippen molar-refractivity contribution in [3.05, 3.63) is 88.9 Å². The number of likely N-dealkylation sites (tertiary alicyclic amines) is 1. The minimum atomic E-state index is -0.115. The van der Waals surface area contributed by atoms with Gasteiger partial charge < -0.3 is 10.2 Å². The van der Waals surface area contributed by atoms with E-state index < -0.39 is 0 Å². The summed E-state index contributed by atoms with van der Waals surface area (Å²) < 4.78 is 0. The van der Waals surface area contributed by atoms with Crippen LogP contribution in [0.25, 0.3) is 5.57 Å². The number of thiazole rings is 1. The first kappa shape index (κ1) is 24.2. The van der Waals surface area contributed by atoms with Crippen LogP contribution in [0.5, 0.6) is 0 Å². The van der Waals surface area contributed by atoms with Crippen LogP contribution in [0, 0.1) is 0 Å². The van der Waals surface area contributed by atoms with Crippen LogP contribution in [-0.2, 0) is 0 Å². The second-order valence-corrected chi connectivity index (χ2v) is 9.83. The first-order valence-corrected chi connectivity index (χ1v) is 12.6. The molecule has 1 N–H and O–H groups in total. The van der Waals surface area contributed by atoms with E-state index in [2.05, 4.69) is 33.9 Å². The van der Waals surface area contributed by atoms with Gasteiger partial charge in [-0.05, 0) is 73.5 Å². The lowest BCUT2D eigenvalue weighted by Crippen LogP contribution is -2.29. The zero-order valence-corrected chi connectivity index (χ0v) is 20.9. The predicted molar refractivity (Wildman–Crippen MR) is 144 cm³/mol. The Labute approximate surface area is 210 Å². The lowest BCUT2D eigenvalue weighted by molar-refractivity contribution is 0.0996. The molecule has 1 aromatic heterocycles. The maximum Gasteiger partial charge on any atom is 0.269 e. The van der Waals surface area contributed by atoms with Gasteiger partial charge in [0.1, 0.15) is 4.88 Å². The molecule has 0 aliphatic carbocycles. The number of nitrogens with zero attached hydrogens (tertiary/aromatic N) is 3. The van der Waals surface area contributed by atoms with Crippen LogP contribution < -0.4 is 10.2 Å². The van der Waals surface area contributed by atoms with E-state index in [0.717, 1.165) is 29.1 Å². The minimum absolute atomic E-state index is 0.115. The van der Waals surface area contributed by atoms with Crippen molar-refractivity contribution < 1.29 is 4.79 Å². The van der Waals surface area contributed by atoms with Crippen LogP contribution >= 0.6 is 22.9 Å². The molecular formula is C27H29ClN4OS. The molecule has 0 atom stereocenters. The van der Waals surface area contributed by atoms with Crippen molar-refractivity contribution in [3.63, 3.8) is 0 Å². The Morgan fingerprint density at radius 3 is 2.56 bits per heavy atom. The fourth-order valence-electron chi connectivity index (χ4n) is 3.85.